The third kappa shape index (κ3) is 4.77. The highest BCUT2D eigenvalue weighted by Gasteiger charge is 2.50. The van der Waals surface area contributed by atoms with Crippen LogP contribution in [0.5, 0.6) is 0 Å². The molecule has 7 nitrogen and oxygen atoms in total. The number of carbonyl (C=O) groups is 3. The second-order valence-corrected chi connectivity index (χ2v) is 5.99. The number of ether oxygens (including phenoxy) is 2. The van der Waals surface area contributed by atoms with E-state index in [2.05, 4.69) is 5.32 Å². The predicted octanol–water partition coefficient (Wildman–Crippen LogP) is 1.02. The maximum absolute atomic E-state index is 12.0. The van der Waals surface area contributed by atoms with Crippen molar-refractivity contribution in [2.24, 2.45) is 5.73 Å². The Kier molecular flexibility index (Phi) is 4.98. The van der Waals surface area contributed by atoms with Crippen LogP contribution in [0, 0.1) is 0 Å². The second kappa shape index (κ2) is 6.15. The van der Waals surface area contributed by atoms with E-state index < -0.39 is 29.1 Å². The summed E-state index contributed by atoms with van der Waals surface area (Å²) in [5.74, 6) is -1.13. The standard InChI is InChI=1S/C14H22N2O5/c1-5-20-11(18)14(7-9(8-14)6-10(15)17)16-12(19)21-13(2,3)4/h6H,5,7-8H2,1-4H3,(H2,15,17)(H,16,19). The highest BCUT2D eigenvalue weighted by molar-refractivity contribution is 5.91. The van der Waals surface area contributed by atoms with Crippen LogP contribution in [0.4, 0.5) is 4.79 Å². The van der Waals surface area contributed by atoms with E-state index in [-0.39, 0.29) is 19.4 Å². The Labute approximate surface area is 123 Å². The molecule has 21 heavy (non-hydrogen) atoms. The van der Waals surface area contributed by atoms with Crippen molar-refractivity contribution in [1.82, 2.24) is 5.32 Å². The molecule has 0 aromatic carbocycles. The zero-order chi connectivity index (χ0) is 16.3. The Hall–Kier alpha value is -2.05. The minimum Gasteiger partial charge on any atom is -0.464 e. The molecule has 1 saturated carbocycles. The van der Waals surface area contributed by atoms with E-state index in [1.54, 1.807) is 27.7 Å². The highest BCUT2D eigenvalue weighted by Crippen LogP contribution is 2.38. The molecule has 0 radical (unpaired) electrons. The SMILES string of the molecule is CCOC(=O)C1(NC(=O)OC(C)(C)C)CC(=CC(N)=O)C1. The fourth-order valence-electron chi connectivity index (χ4n) is 2.08. The summed E-state index contributed by atoms with van der Waals surface area (Å²) in [7, 11) is 0. The van der Waals surface area contributed by atoms with Gasteiger partial charge in [-0.05, 0) is 27.7 Å². The average molecular weight is 298 g/mol. The summed E-state index contributed by atoms with van der Waals surface area (Å²) in [5, 5.41) is 2.55. The van der Waals surface area contributed by atoms with E-state index in [0.717, 1.165) is 0 Å². The first kappa shape index (κ1) is 17.0. The van der Waals surface area contributed by atoms with E-state index >= 15 is 0 Å². The van der Waals surface area contributed by atoms with E-state index in [0.29, 0.717) is 5.57 Å². The van der Waals surface area contributed by atoms with Crippen LogP contribution >= 0.6 is 0 Å². The molecule has 1 aliphatic rings. The summed E-state index contributed by atoms with van der Waals surface area (Å²) in [6.07, 6.45) is 0.935. The van der Waals surface area contributed by atoms with Crippen LogP contribution in [0.15, 0.2) is 11.6 Å². The van der Waals surface area contributed by atoms with Gasteiger partial charge in [0.15, 0.2) is 0 Å². The largest absolute Gasteiger partial charge is 0.464 e. The van der Waals surface area contributed by atoms with Gasteiger partial charge in [-0.25, -0.2) is 9.59 Å². The first-order valence-corrected chi connectivity index (χ1v) is 6.75. The normalized spacial score (nSPS) is 21.0. The summed E-state index contributed by atoms with van der Waals surface area (Å²) in [6.45, 7) is 7.05. The van der Waals surface area contributed by atoms with Crippen molar-refractivity contribution in [2.45, 2.75) is 51.7 Å². The third-order valence-electron chi connectivity index (χ3n) is 2.81. The summed E-state index contributed by atoms with van der Waals surface area (Å²) in [6, 6.07) is 0. The maximum Gasteiger partial charge on any atom is 0.408 e. The van der Waals surface area contributed by atoms with E-state index in [9.17, 15) is 14.4 Å². The van der Waals surface area contributed by atoms with E-state index in [1.165, 1.54) is 6.08 Å². The van der Waals surface area contributed by atoms with Crippen molar-refractivity contribution in [1.29, 1.82) is 0 Å². The maximum atomic E-state index is 12.0. The zero-order valence-corrected chi connectivity index (χ0v) is 12.8. The van der Waals surface area contributed by atoms with Crippen LogP contribution in [0.25, 0.3) is 0 Å². The molecular formula is C14H22N2O5. The lowest BCUT2D eigenvalue weighted by Gasteiger charge is -2.41. The lowest BCUT2D eigenvalue weighted by molar-refractivity contribution is -0.153. The van der Waals surface area contributed by atoms with Crippen LogP contribution in [0.2, 0.25) is 0 Å². The molecule has 1 fully saturated rings. The summed E-state index contributed by atoms with van der Waals surface area (Å²) in [4.78, 5) is 34.7. The smallest absolute Gasteiger partial charge is 0.408 e. The van der Waals surface area contributed by atoms with Gasteiger partial charge in [-0.3, -0.25) is 4.79 Å². The molecule has 0 heterocycles. The first-order valence-electron chi connectivity index (χ1n) is 6.75. The van der Waals surface area contributed by atoms with Gasteiger partial charge < -0.3 is 20.5 Å². The van der Waals surface area contributed by atoms with Crippen molar-refractivity contribution < 1.29 is 23.9 Å². The number of nitrogens with two attached hydrogens (primary N) is 1. The van der Waals surface area contributed by atoms with Gasteiger partial charge in [0.05, 0.1) is 6.61 Å². The van der Waals surface area contributed by atoms with E-state index in [1.807, 2.05) is 0 Å². The number of hydrogen-bond acceptors (Lipinski definition) is 5. The Morgan fingerprint density at radius 2 is 1.90 bits per heavy atom. The molecule has 0 atom stereocenters. The van der Waals surface area contributed by atoms with Crippen molar-refractivity contribution in [2.75, 3.05) is 6.61 Å². The fourth-order valence-corrected chi connectivity index (χ4v) is 2.08. The monoisotopic (exact) mass is 298 g/mol. The van der Waals surface area contributed by atoms with Gasteiger partial charge in [0.2, 0.25) is 5.91 Å². The molecular weight excluding hydrogens is 276 g/mol. The molecule has 118 valence electrons. The van der Waals surface area contributed by atoms with Gasteiger partial charge in [0.1, 0.15) is 11.1 Å². The van der Waals surface area contributed by atoms with Crippen molar-refractivity contribution in [3.63, 3.8) is 0 Å². The molecule has 7 heteroatoms. The fraction of sp³-hybridized carbons (Fsp3) is 0.643. The number of amides is 2. The number of rotatable bonds is 4. The topological polar surface area (TPSA) is 108 Å². The number of nitrogens with one attached hydrogen (secondary N) is 1. The quantitative estimate of drug-likeness (QED) is 0.595. The molecule has 0 aromatic heterocycles. The van der Waals surface area contributed by atoms with Gasteiger partial charge >= 0.3 is 12.1 Å². The number of primary amides is 1. The average Bonchev–Trinajstić information content (AvgIpc) is 2.22. The summed E-state index contributed by atoms with van der Waals surface area (Å²) < 4.78 is 10.1. The van der Waals surface area contributed by atoms with Gasteiger partial charge in [0, 0.05) is 18.9 Å². The molecule has 0 spiro atoms. The van der Waals surface area contributed by atoms with Gasteiger partial charge in [0.25, 0.3) is 0 Å². The summed E-state index contributed by atoms with van der Waals surface area (Å²) in [5.41, 5.74) is 3.90. The minimum atomic E-state index is -1.18. The number of carbonyl (C=O) groups excluding carboxylic acids is 3. The van der Waals surface area contributed by atoms with Crippen molar-refractivity contribution >= 4 is 18.0 Å². The molecule has 0 aromatic rings. The highest BCUT2D eigenvalue weighted by atomic mass is 16.6. The molecule has 0 unspecified atom stereocenters. The Bertz CT molecular complexity index is 468. The Morgan fingerprint density at radius 3 is 2.33 bits per heavy atom. The molecule has 0 aliphatic heterocycles. The molecule has 2 amide bonds. The number of esters is 1. The summed E-state index contributed by atoms with van der Waals surface area (Å²) >= 11 is 0. The molecule has 0 bridgehead atoms. The van der Waals surface area contributed by atoms with Gasteiger partial charge in [-0.1, -0.05) is 5.57 Å². The number of hydrogen-bond donors (Lipinski definition) is 2. The van der Waals surface area contributed by atoms with Crippen LogP contribution in [0.3, 0.4) is 0 Å². The van der Waals surface area contributed by atoms with Gasteiger partial charge in [-0.15, -0.1) is 0 Å². The van der Waals surface area contributed by atoms with Crippen LogP contribution in [-0.4, -0.2) is 35.7 Å². The molecule has 3 N–H and O–H groups in total. The lowest BCUT2D eigenvalue weighted by Crippen LogP contribution is -2.61. The Balaban J connectivity index is 2.79. The van der Waals surface area contributed by atoms with E-state index in [4.69, 9.17) is 15.2 Å². The Morgan fingerprint density at radius 1 is 1.33 bits per heavy atom. The van der Waals surface area contributed by atoms with Crippen LogP contribution in [-0.2, 0) is 19.1 Å². The minimum absolute atomic E-state index is 0.189. The van der Waals surface area contributed by atoms with Gasteiger partial charge in [-0.2, -0.15) is 0 Å². The number of alkyl carbamates (subject to hydrolysis) is 1. The molecule has 1 aliphatic carbocycles. The molecule has 0 saturated heterocycles. The lowest BCUT2D eigenvalue weighted by atomic mass is 9.72. The second-order valence-electron chi connectivity index (χ2n) is 5.99. The first-order chi connectivity index (χ1) is 9.58. The van der Waals surface area contributed by atoms with Crippen molar-refractivity contribution in [3.05, 3.63) is 11.6 Å². The predicted molar refractivity (Wildman–Crippen MR) is 75.2 cm³/mol. The third-order valence-corrected chi connectivity index (χ3v) is 2.81. The molecule has 1 rings (SSSR count). The zero-order valence-electron chi connectivity index (χ0n) is 12.8. The van der Waals surface area contributed by atoms with Crippen molar-refractivity contribution in [3.8, 4) is 0 Å². The van der Waals surface area contributed by atoms with Crippen LogP contribution in [0.1, 0.15) is 40.5 Å². The van der Waals surface area contributed by atoms with Crippen LogP contribution < -0.4 is 11.1 Å².